The summed E-state index contributed by atoms with van der Waals surface area (Å²) in [6, 6.07) is 0. The van der Waals surface area contributed by atoms with Crippen molar-refractivity contribution in [3.05, 3.63) is 12.7 Å². The Bertz CT molecular complexity index is 158. The van der Waals surface area contributed by atoms with Crippen LogP contribution in [0.4, 0.5) is 0 Å². The molecule has 0 saturated carbocycles. The van der Waals surface area contributed by atoms with Gasteiger partial charge in [0.1, 0.15) is 0 Å². The number of hydrogen-bond donors (Lipinski definition) is 2. The molecule has 0 unspecified atom stereocenters. The summed E-state index contributed by atoms with van der Waals surface area (Å²) in [5.41, 5.74) is 5.45. The molecule has 0 heterocycles. The minimum atomic E-state index is -0.258. The molecular formula is C9H18N2O. The lowest BCUT2D eigenvalue weighted by atomic mass is 10.00. The molecule has 0 fully saturated rings. The Labute approximate surface area is 74.0 Å². The topological polar surface area (TPSA) is 55.1 Å². The van der Waals surface area contributed by atoms with Gasteiger partial charge in [-0.3, -0.25) is 4.79 Å². The molecule has 70 valence electrons. The lowest BCUT2D eigenvalue weighted by molar-refractivity contribution is -0.121. The Hall–Kier alpha value is -0.830. The molecular weight excluding hydrogens is 152 g/mol. The number of amides is 1. The number of hydrogen-bond acceptors (Lipinski definition) is 2. The molecule has 0 aliphatic carbocycles. The van der Waals surface area contributed by atoms with E-state index in [-0.39, 0.29) is 11.4 Å². The number of rotatable bonds is 5. The summed E-state index contributed by atoms with van der Waals surface area (Å²) in [5, 5.41) is 2.69. The number of carbonyl (C=O) groups is 1. The van der Waals surface area contributed by atoms with Crippen LogP contribution in [0.2, 0.25) is 0 Å². The lowest BCUT2D eigenvalue weighted by Crippen LogP contribution is -2.34. The zero-order valence-electron chi connectivity index (χ0n) is 7.89. The van der Waals surface area contributed by atoms with Gasteiger partial charge in [0.15, 0.2) is 0 Å². The van der Waals surface area contributed by atoms with E-state index in [1.165, 1.54) is 0 Å². The van der Waals surface area contributed by atoms with Crippen molar-refractivity contribution in [2.45, 2.75) is 32.2 Å². The van der Waals surface area contributed by atoms with Crippen molar-refractivity contribution in [1.29, 1.82) is 0 Å². The van der Waals surface area contributed by atoms with Crippen molar-refractivity contribution in [3.63, 3.8) is 0 Å². The van der Waals surface area contributed by atoms with Crippen LogP contribution in [-0.2, 0) is 4.79 Å². The van der Waals surface area contributed by atoms with Crippen LogP contribution < -0.4 is 11.1 Å². The molecule has 0 aromatic carbocycles. The van der Waals surface area contributed by atoms with E-state index in [1.807, 2.05) is 13.8 Å². The molecule has 0 aliphatic heterocycles. The largest absolute Gasteiger partial charge is 0.353 e. The fourth-order valence-corrected chi connectivity index (χ4v) is 0.710. The van der Waals surface area contributed by atoms with E-state index in [4.69, 9.17) is 5.73 Å². The van der Waals surface area contributed by atoms with Gasteiger partial charge in [-0.1, -0.05) is 6.08 Å². The Morgan fingerprint density at radius 2 is 2.25 bits per heavy atom. The Morgan fingerprint density at radius 1 is 1.67 bits per heavy atom. The predicted molar refractivity (Wildman–Crippen MR) is 50.7 cm³/mol. The van der Waals surface area contributed by atoms with Gasteiger partial charge in [-0.25, -0.2) is 0 Å². The maximum atomic E-state index is 11.0. The van der Waals surface area contributed by atoms with Gasteiger partial charge in [-0.2, -0.15) is 0 Å². The van der Waals surface area contributed by atoms with Crippen LogP contribution in [0.5, 0.6) is 0 Å². The minimum Gasteiger partial charge on any atom is -0.353 e. The standard InChI is InChI=1S/C9H18N2O/c1-4-7-11-8(12)5-6-9(2,3)10/h4H,1,5-7,10H2,2-3H3,(H,11,12). The maximum absolute atomic E-state index is 11.0. The summed E-state index contributed by atoms with van der Waals surface area (Å²) in [6.07, 6.45) is 2.85. The summed E-state index contributed by atoms with van der Waals surface area (Å²) >= 11 is 0. The molecule has 3 N–H and O–H groups in total. The Balaban J connectivity index is 3.51. The second-order valence-corrected chi connectivity index (χ2v) is 3.58. The SMILES string of the molecule is C=CCNC(=O)CCC(C)(C)N. The van der Waals surface area contributed by atoms with Gasteiger partial charge in [-0.05, 0) is 20.3 Å². The smallest absolute Gasteiger partial charge is 0.220 e. The van der Waals surface area contributed by atoms with Crippen LogP contribution in [0.15, 0.2) is 12.7 Å². The van der Waals surface area contributed by atoms with Crippen molar-refractivity contribution < 1.29 is 4.79 Å². The summed E-state index contributed by atoms with van der Waals surface area (Å²) in [7, 11) is 0. The third-order valence-electron chi connectivity index (χ3n) is 1.44. The van der Waals surface area contributed by atoms with Crippen LogP contribution in [0, 0.1) is 0 Å². The second-order valence-electron chi connectivity index (χ2n) is 3.58. The van der Waals surface area contributed by atoms with Crippen LogP contribution in [0.25, 0.3) is 0 Å². The van der Waals surface area contributed by atoms with Crippen LogP contribution in [0.1, 0.15) is 26.7 Å². The van der Waals surface area contributed by atoms with Crippen molar-refractivity contribution >= 4 is 5.91 Å². The van der Waals surface area contributed by atoms with Crippen molar-refractivity contribution in [2.75, 3.05) is 6.54 Å². The van der Waals surface area contributed by atoms with E-state index in [0.717, 1.165) is 0 Å². The third kappa shape index (κ3) is 7.28. The highest BCUT2D eigenvalue weighted by atomic mass is 16.1. The molecule has 0 rings (SSSR count). The first kappa shape index (κ1) is 11.2. The lowest BCUT2D eigenvalue weighted by Gasteiger charge is -2.17. The average molecular weight is 170 g/mol. The van der Waals surface area contributed by atoms with E-state index >= 15 is 0 Å². The van der Waals surface area contributed by atoms with Gasteiger partial charge in [-0.15, -0.1) is 6.58 Å². The van der Waals surface area contributed by atoms with E-state index in [9.17, 15) is 4.79 Å². The first-order chi connectivity index (χ1) is 5.45. The first-order valence-electron chi connectivity index (χ1n) is 4.12. The molecule has 0 aromatic heterocycles. The van der Waals surface area contributed by atoms with Crippen molar-refractivity contribution in [3.8, 4) is 0 Å². The average Bonchev–Trinajstić information content (AvgIpc) is 1.95. The zero-order valence-corrected chi connectivity index (χ0v) is 7.89. The van der Waals surface area contributed by atoms with Gasteiger partial charge < -0.3 is 11.1 Å². The highest BCUT2D eigenvalue weighted by molar-refractivity contribution is 5.76. The fraction of sp³-hybridized carbons (Fsp3) is 0.667. The van der Waals surface area contributed by atoms with Crippen molar-refractivity contribution in [2.24, 2.45) is 5.73 Å². The van der Waals surface area contributed by atoms with E-state index in [0.29, 0.717) is 19.4 Å². The molecule has 3 heteroatoms. The highest BCUT2D eigenvalue weighted by Gasteiger charge is 2.12. The van der Waals surface area contributed by atoms with Gasteiger partial charge >= 0.3 is 0 Å². The van der Waals surface area contributed by atoms with Crippen molar-refractivity contribution in [1.82, 2.24) is 5.32 Å². The molecule has 3 nitrogen and oxygen atoms in total. The normalized spacial score (nSPS) is 10.9. The predicted octanol–water partition coefficient (Wildman–Crippen LogP) is 0.806. The summed E-state index contributed by atoms with van der Waals surface area (Å²) < 4.78 is 0. The molecule has 0 radical (unpaired) electrons. The fourth-order valence-electron chi connectivity index (χ4n) is 0.710. The molecule has 0 aliphatic rings. The minimum absolute atomic E-state index is 0.0356. The molecule has 12 heavy (non-hydrogen) atoms. The Morgan fingerprint density at radius 3 is 2.67 bits per heavy atom. The van der Waals surface area contributed by atoms with E-state index in [2.05, 4.69) is 11.9 Å². The molecule has 0 aromatic rings. The molecule has 1 amide bonds. The van der Waals surface area contributed by atoms with Crippen LogP contribution >= 0.6 is 0 Å². The molecule has 0 bridgehead atoms. The monoisotopic (exact) mass is 170 g/mol. The van der Waals surface area contributed by atoms with E-state index in [1.54, 1.807) is 6.08 Å². The molecule has 0 saturated heterocycles. The quantitative estimate of drug-likeness (QED) is 0.600. The summed E-state index contributed by atoms with van der Waals surface area (Å²) in [6.45, 7) is 7.85. The van der Waals surface area contributed by atoms with Crippen LogP contribution in [-0.4, -0.2) is 18.0 Å². The van der Waals surface area contributed by atoms with Crippen LogP contribution in [0.3, 0.4) is 0 Å². The molecule has 0 spiro atoms. The number of carbonyl (C=O) groups excluding carboxylic acids is 1. The maximum Gasteiger partial charge on any atom is 0.220 e. The van der Waals surface area contributed by atoms with Gasteiger partial charge in [0.25, 0.3) is 0 Å². The summed E-state index contributed by atoms with van der Waals surface area (Å²) in [5.74, 6) is 0.0356. The van der Waals surface area contributed by atoms with Gasteiger partial charge in [0.2, 0.25) is 5.91 Å². The van der Waals surface area contributed by atoms with Gasteiger partial charge in [0.05, 0.1) is 0 Å². The molecule has 0 atom stereocenters. The third-order valence-corrected chi connectivity index (χ3v) is 1.44. The Kier molecular flexibility index (Phi) is 4.59. The second kappa shape index (κ2) is 4.93. The number of nitrogens with two attached hydrogens (primary N) is 1. The van der Waals surface area contributed by atoms with Gasteiger partial charge in [0, 0.05) is 18.5 Å². The summed E-state index contributed by atoms with van der Waals surface area (Å²) in [4.78, 5) is 11.0. The van der Waals surface area contributed by atoms with E-state index < -0.39 is 0 Å². The first-order valence-corrected chi connectivity index (χ1v) is 4.12. The zero-order chi connectivity index (χ0) is 9.61. The number of nitrogens with one attached hydrogen (secondary N) is 1. The highest BCUT2D eigenvalue weighted by Crippen LogP contribution is 2.06.